The zero-order valence-corrected chi connectivity index (χ0v) is 15.3. The largest absolute Gasteiger partial charge is 0.361 e. The third kappa shape index (κ3) is 2.68. The van der Waals surface area contributed by atoms with Gasteiger partial charge in [-0.2, -0.15) is 5.10 Å². The first kappa shape index (κ1) is 16.1. The first-order valence-corrected chi connectivity index (χ1v) is 9.26. The summed E-state index contributed by atoms with van der Waals surface area (Å²) >= 11 is 1.62. The molecule has 0 aliphatic carbocycles. The summed E-state index contributed by atoms with van der Waals surface area (Å²) in [7, 11) is 1.82. The van der Waals surface area contributed by atoms with E-state index in [2.05, 4.69) is 10.3 Å². The molecule has 4 rings (SSSR count). The second-order valence-electron chi connectivity index (χ2n) is 6.41. The average Bonchev–Trinajstić information content (AvgIpc) is 3.34. The van der Waals surface area contributed by atoms with Crippen molar-refractivity contribution in [2.24, 2.45) is 7.05 Å². The van der Waals surface area contributed by atoms with Crippen molar-refractivity contribution in [1.29, 1.82) is 0 Å². The van der Waals surface area contributed by atoms with Crippen LogP contribution >= 0.6 is 11.3 Å². The lowest BCUT2D eigenvalue weighted by atomic mass is 10.0. The molecule has 3 aromatic heterocycles. The fourth-order valence-corrected chi connectivity index (χ4v) is 4.32. The summed E-state index contributed by atoms with van der Waals surface area (Å²) in [5.41, 5.74) is 3.37. The molecule has 7 heteroatoms. The Morgan fingerprint density at radius 2 is 2.24 bits per heavy atom. The van der Waals surface area contributed by atoms with Gasteiger partial charge in [-0.1, -0.05) is 11.2 Å². The van der Waals surface area contributed by atoms with Gasteiger partial charge in [0.2, 0.25) is 0 Å². The first-order chi connectivity index (χ1) is 12.1. The fourth-order valence-electron chi connectivity index (χ4n) is 3.63. The van der Waals surface area contributed by atoms with Crippen LogP contribution in [0.2, 0.25) is 0 Å². The van der Waals surface area contributed by atoms with Crippen LogP contribution in [0.1, 0.15) is 46.4 Å². The smallest absolute Gasteiger partial charge is 0.272 e. The second-order valence-corrected chi connectivity index (χ2v) is 7.36. The van der Waals surface area contributed by atoms with Crippen LogP contribution in [0.15, 0.2) is 28.1 Å². The van der Waals surface area contributed by atoms with Crippen LogP contribution in [0.25, 0.3) is 10.6 Å². The number of carbonyl (C=O) groups excluding carboxylic acids is 1. The minimum absolute atomic E-state index is 0.0142. The minimum atomic E-state index is 0.0142. The van der Waals surface area contributed by atoms with E-state index in [0.717, 1.165) is 47.0 Å². The highest BCUT2D eigenvalue weighted by atomic mass is 32.1. The molecular weight excluding hydrogens is 336 g/mol. The van der Waals surface area contributed by atoms with Crippen molar-refractivity contribution in [3.05, 3.63) is 46.3 Å². The summed E-state index contributed by atoms with van der Waals surface area (Å²) in [5.74, 6) is 0.812. The Bertz CT molecular complexity index is 890. The van der Waals surface area contributed by atoms with E-state index in [4.69, 9.17) is 4.52 Å². The number of amides is 1. The molecule has 130 valence electrons. The van der Waals surface area contributed by atoms with Gasteiger partial charge in [0.25, 0.3) is 5.91 Å². The maximum absolute atomic E-state index is 13.2. The zero-order valence-electron chi connectivity index (χ0n) is 14.5. The van der Waals surface area contributed by atoms with Gasteiger partial charge < -0.3 is 9.42 Å². The molecular formula is C18H20N4O2S. The number of carbonyl (C=O) groups is 1. The second kappa shape index (κ2) is 6.15. The molecule has 0 spiro atoms. The first-order valence-electron chi connectivity index (χ1n) is 8.38. The van der Waals surface area contributed by atoms with Crippen LogP contribution < -0.4 is 0 Å². The van der Waals surface area contributed by atoms with Gasteiger partial charge in [-0.15, -0.1) is 11.3 Å². The summed E-state index contributed by atoms with van der Waals surface area (Å²) in [6, 6.07) is 5.92. The molecule has 1 amide bonds. The molecule has 1 saturated heterocycles. The lowest BCUT2D eigenvalue weighted by Crippen LogP contribution is -2.32. The zero-order chi connectivity index (χ0) is 17.6. The topological polar surface area (TPSA) is 64.2 Å². The van der Waals surface area contributed by atoms with Gasteiger partial charge >= 0.3 is 0 Å². The molecule has 1 aliphatic rings. The average molecular weight is 356 g/mol. The lowest BCUT2D eigenvalue weighted by molar-refractivity contribution is 0.0723. The SMILES string of the molecule is Cc1noc(C)c1[C@H]1CCCN1C(=O)c1cc(-c2cccs2)nn1C. The Kier molecular flexibility index (Phi) is 3.95. The van der Waals surface area contributed by atoms with Gasteiger partial charge in [-0.25, -0.2) is 0 Å². The van der Waals surface area contributed by atoms with Crippen molar-refractivity contribution in [1.82, 2.24) is 19.8 Å². The van der Waals surface area contributed by atoms with Crippen LogP contribution in [0.3, 0.4) is 0 Å². The van der Waals surface area contributed by atoms with Gasteiger partial charge in [0.15, 0.2) is 0 Å². The normalized spacial score (nSPS) is 17.4. The Morgan fingerprint density at radius 3 is 2.92 bits per heavy atom. The minimum Gasteiger partial charge on any atom is -0.361 e. The maximum atomic E-state index is 13.2. The summed E-state index contributed by atoms with van der Waals surface area (Å²) in [4.78, 5) is 16.2. The Labute approximate surface area is 150 Å². The predicted molar refractivity (Wildman–Crippen MR) is 95.5 cm³/mol. The van der Waals surface area contributed by atoms with Gasteiger partial charge in [0, 0.05) is 19.2 Å². The molecule has 4 heterocycles. The van der Waals surface area contributed by atoms with E-state index >= 15 is 0 Å². The van der Waals surface area contributed by atoms with E-state index in [0.29, 0.717) is 5.69 Å². The third-order valence-corrected chi connectivity index (χ3v) is 5.70. The van der Waals surface area contributed by atoms with E-state index in [1.54, 1.807) is 16.0 Å². The summed E-state index contributed by atoms with van der Waals surface area (Å²) in [6.07, 6.45) is 1.92. The third-order valence-electron chi connectivity index (χ3n) is 4.81. The fraction of sp³-hybridized carbons (Fsp3) is 0.389. The number of hydrogen-bond acceptors (Lipinski definition) is 5. The van der Waals surface area contributed by atoms with Crippen LogP contribution in [0.5, 0.6) is 0 Å². The number of nitrogens with zero attached hydrogens (tertiary/aromatic N) is 4. The lowest BCUT2D eigenvalue weighted by Gasteiger charge is -2.24. The molecule has 1 fully saturated rings. The highest BCUT2D eigenvalue weighted by molar-refractivity contribution is 7.13. The molecule has 3 aromatic rings. The molecule has 0 radical (unpaired) electrons. The number of hydrogen-bond donors (Lipinski definition) is 0. The van der Waals surface area contributed by atoms with Crippen molar-refractivity contribution >= 4 is 17.2 Å². The number of aryl methyl sites for hydroxylation is 3. The van der Waals surface area contributed by atoms with E-state index in [-0.39, 0.29) is 11.9 Å². The molecule has 0 bridgehead atoms. The molecule has 0 N–H and O–H groups in total. The van der Waals surface area contributed by atoms with Gasteiger partial charge in [-0.3, -0.25) is 9.48 Å². The van der Waals surface area contributed by atoms with E-state index in [1.165, 1.54) is 0 Å². The molecule has 1 aliphatic heterocycles. The summed E-state index contributed by atoms with van der Waals surface area (Å²) < 4.78 is 6.99. The molecule has 25 heavy (non-hydrogen) atoms. The number of likely N-dealkylation sites (tertiary alicyclic amines) is 1. The monoisotopic (exact) mass is 356 g/mol. The van der Waals surface area contributed by atoms with Gasteiger partial charge in [0.05, 0.1) is 16.6 Å². The van der Waals surface area contributed by atoms with Crippen molar-refractivity contribution < 1.29 is 9.32 Å². The molecule has 0 aromatic carbocycles. The Morgan fingerprint density at radius 1 is 1.40 bits per heavy atom. The summed E-state index contributed by atoms with van der Waals surface area (Å²) in [5, 5.41) is 10.6. The van der Waals surface area contributed by atoms with Crippen LogP contribution in [-0.4, -0.2) is 32.3 Å². The quantitative estimate of drug-likeness (QED) is 0.717. The van der Waals surface area contributed by atoms with Crippen LogP contribution in [-0.2, 0) is 7.05 Å². The van der Waals surface area contributed by atoms with Crippen molar-refractivity contribution in [3.8, 4) is 10.6 Å². The van der Waals surface area contributed by atoms with Gasteiger partial charge in [0.1, 0.15) is 17.1 Å². The van der Waals surface area contributed by atoms with E-state index in [1.807, 2.05) is 49.4 Å². The van der Waals surface area contributed by atoms with Crippen molar-refractivity contribution in [2.45, 2.75) is 32.7 Å². The van der Waals surface area contributed by atoms with E-state index in [9.17, 15) is 4.79 Å². The standard InChI is InChI=1S/C18H20N4O2S/c1-11-17(12(2)24-20-11)14-6-4-8-22(14)18(23)15-10-13(19-21(15)3)16-7-5-9-25-16/h5,7,9-10,14H,4,6,8H2,1-3H3/t14-/m1/s1. The Balaban J connectivity index is 1.67. The molecule has 0 saturated carbocycles. The molecule has 6 nitrogen and oxygen atoms in total. The highest BCUT2D eigenvalue weighted by Crippen LogP contribution is 2.36. The number of rotatable bonds is 3. The molecule has 0 unspecified atom stereocenters. The highest BCUT2D eigenvalue weighted by Gasteiger charge is 2.35. The van der Waals surface area contributed by atoms with Crippen molar-refractivity contribution in [2.75, 3.05) is 6.54 Å². The molecule has 1 atom stereocenters. The van der Waals surface area contributed by atoms with E-state index < -0.39 is 0 Å². The number of thiophene rings is 1. The van der Waals surface area contributed by atoms with Crippen LogP contribution in [0.4, 0.5) is 0 Å². The Hall–Kier alpha value is -2.41. The maximum Gasteiger partial charge on any atom is 0.272 e. The number of aromatic nitrogens is 3. The van der Waals surface area contributed by atoms with Crippen molar-refractivity contribution in [3.63, 3.8) is 0 Å². The summed E-state index contributed by atoms with van der Waals surface area (Å²) in [6.45, 7) is 4.59. The van der Waals surface area contributed by atoms with Crippen LogP contribution in [0, 0.1) is 13.8 Å². The predicted octanol–water partition coefficient (Wildman–Crippen LogP) is 3.73. The van der Waals surface area contributed by atoms with Gasteiger partial charge in [-0.05, 0) is 44.2 Å².